The van der Waals surface area contributed by atoms with Gasteiger partial charge in [-0.3, -0.25) is 9.59 Å². The molecule has 1 aliphatic carbocycles. The molecule has 1 saturated carbocycles. The van der Waals surface area contributed by atoms with Crippen LogP contribution in [-0.4, -0.2) is 33.7 Å². The van der Waals surface area contributed by atoms with Crippen LogP contribution in [0.15, 0.2) is 39.7 Å². The lowest BCUT2D eigenvalue weighted by Crippen LogP contribution is -2.40. The average Bonchev–Trinajstić information content (AvgIpc) is 3.38. The smallest absolute Gasteiger partial charge is 0.266 e. The molecule has 144 valence electrons. The molecule has 27 heavy (non-hydrogen) atoms. The first-order valence-electron chi connectivity index (χ1n) is 10.1. The minimum Gasteiger partial charge on any atom is -0.463 e. The minimum atomic E-state index is -0.0926. The van der Waals surface area contributed by atoms with Gasteiger partial charge in [-0.2, -0.15) is 5.10 Å². The number of aromatic nitrogens is 2. The fourth-order valence-corrected chi connectivity index (χ4v) is 4.34. The molecule has 2 aromatic heterocycles. The number of piperidine rings is 1. The van der Waals surface area contributed by atoms with Crippen molar-refractivity contribution in [2.45, 2.75) is 51.5 Å². The van der Waals surface area contributed by atoms with E-state index in [2.05, 4.69) is 5.10 Å². The maximum Gasteiger partial charge on any atom is 0.266 e. The fourth-order valence-electron chi connectivity index (χ4n) is 4.34. The third-order valence-corrected chi connectivity index (χ3v) is 5.98. The van der Waals surface area contributed by atoms with E-state index in [4.69, 9.17) is 4.42 Å². The Bertz CT molecular complexity index is 813. The van der Waals surface area contributed by atoms with Crippen LogP contribution < -0.4 is 5.56 Å². The quantitative estimate of drug-likeness (QED) is 0.811. The number of nitrogens with zero attached hydrogens (tertiary/aromatic N) is 3. The summed E-state index contributed by atoms with van der Waals surface area (Å²) in [6.07, 6.45) is 9.15. The Labute approximate surface area is 159 Å². The summed E-state index contributed by atoms with van der Waals surface area (Å²) in [5.74, 6) is 1.95. The summed E-state index contributed by atoms with van der Waals surface area (Å²) in [6, 6.07) is 6.89. The van der Waals surface area contributed by atoms with Crippen LogP contribution in [0.1, 0.15) is 44.9 Å². The van der Waals surface area contributed by atoms with Crippen molar-refractivity contribution in [3.05, 3.63) is 40.9 Å². The SMILES string of the molecule is O=C(CC1CCCC1)N1CCC(Cn2nc(-c3ccco3)ccc2=O)CC1. The number of hydrogen-bond donors (Lipinski definition) is 0. The second-order valence-corrected chi connectivity index (χ2v) is 7.89. The van der Waals surface area contributed by atoms with Crippen molar-refractivity contribution in [1.82, 2.24) is 14.7 Å². The summed E-state index contributed by atoms with van der Waals surface area (Å²) in [6.45, 7) is 2.18. The summed E-state index contributed by atoms with van der Waals surface area (Å²) in [4.78, 5) is 26.7. The number of carbonyl (C=O) groups is 1. The van der Waals surface area contributed by atoms with E-state index in [9.17, 15) is 9.59 Å². The number of rotatable bonds is 5. The summed E-state index contributed by atoms with van der Waals surface area (Å²) in [5, 5.41) is 4.46. The second kappa shape index (κ2) is 8.11. The van der Waals surface area contributed by atoms with Crippen LogP contribution in [0.25, 0.3) is 11.5 Å². The highest BCUT2D eigenvalue weighted by Gasteiger charge is 2.26. The van der Waals surface area contributed by atoms with Crippen LogP contribution in [0.3, 0.4) is 0 Å². The fraction of sp³-hybridized carbons (Fsp3) is 0.571. The minimum absolute atomic E-state index is 0.0926. The normalized spacial score (nSPS) is 18.9. The van der Waals surface area contributed by atoms with Crippen LogP contribution in [0, 0.1) is 11.8 Å². The zero-order valence-electron chi connectivity index (χ0n) is 15.7. The van der Waals surface area contributed by atoms with E-state index in [0.717, 1.165) is 32.4 Å². The van der Waals surface area contributed by atoms with Crippen molar-refractivity contribution < 1.29 is 9.21 Å². The monoisotopic (exact) mass is 369 g/mol. The van der Waals surface area contributed by atoms with Gasteiger partial charge in [0.15, 0.2) is 5.76 Å². The Hall–Kier alpha value is -2.37. The molecule has 2 fully saturated rings. The highest BCUT2D eigenvalue weighted by Crippen LogP contribution is 2.29. The zero-order valence-corrected chi connectivity index (χ0v) is 15.7. The van der Waals surface area contributed by atoms with Gasteiger partial charge in [0, 0.05) is 32.1 Å². The first-order chi connectivity index (χ1) is 13.2. The molecule has 2 aliphatic rings. The van der Waals surface area contributed by atoms with E-state index < -0.39 is 0 Å². The number of hydrogen-bond acceptors (Lipinski definition) is 4. The lowest BCUT2D eigenvalue weighted by Gasteiger charge is -2.32. The van der Waals surface area contributed by atoms with Gasteiger partial charge in [-0.05, 0) is 55.7 Å². The summed E-state index contributed by atoms with van der Waals surface area (Å²) >= 11 is 0. The molecule has 0 spiro atoms. The maximum atomic E-state index is 12.5. The predicted molar refractivity (Wildman–Crippen MR) is 102 cm³/mol. The Morgan fingerprint density at radius 2 is 1.85 bits per heavy atom. The third-order valence-electron chi connectivity index (χ3n) is 5.98. The van der Waals surface area contributed by atoms with Crippen molar-refractivity contribution in [3.8, 4) is 11.5 Å². The van der Waals surface area contributed by atoms with Crippen molar-refractivity contribution >= 4 is 5.91 Å². The van der Waals surface area contributed by atoms with Gasteiger partial charge in [0.05, 0.1) is 6.26 Å². The molecule has 0 radical (unpaired) electrons. The van der Waals surface area contributed by atoms with Crippen LogP contribution in [0.4, 0.5) is 0 Å². The van der Waals surface area contributed by atoms with Crippen molar-refractivity contribution in [2.75, 3.05) is 13.1 Å². The van der Waals surface area contributed by atoms with Gasteiger partial charge in [0.1, 0.15) is 5.69 Å². The van der Waals surface area contributed by atoms with E-state index in [1.165, 1.54) is 25.7 Å². The Morgan fingerprint density at radius 1 is 1.07 bits per heavy atom. The first-order valence-corrected chi connectivity index (χ1v) is 10.1. The molecule has 1 saturated heterocycles. The number of likely N-dealkylation sites (tertiary alicyclic amines) is 1. The van der Waals surface area contributed by atoms with Crippen molar-refractivity contribution in [1.29, 1.82) is 0 Å². The molecule has 0 atom stereocenters. The highest BCUT2D eigenvalue weighted by molar-refractivity contribution is 5.76. The van der Waals surface area contributed by atoms with Gasteiger partial charge in [0.25, 0.3) is 5.56 Å². The molecular weight excluding hydrogens is 342 g/mol. The standard InChI is InChI=1S/C21H27N3O3/c25-20-8-7-18(19-6-3-13-27-19)22-24(20)15-17-9-11-23(12-10-17)21(26)14-16-4-1-2-5-16/h3,6-8,13,16-17H,1-2,4-5,9-12,14-15H2. The molecule has 1 aliphatic heterocycles. The lowest BCUT2D eigenvalue weighted by molar-refractivity contribution is -0.133. The molecular formula is C21H27N3O3. The van der Waals surface area contributed by atoms with Gasteiger partial charge in [-0.15, -0.1) is 0 Å². The molecule has 1 amide bonds. The zero-order chi connectivity index (χ0) is 18.6. The number of carbonyl (C=O) groups excluding carboxylic acids is 1. The van der Waals surface area contributed by atoms with E-state index in [1.807, 2.05) is 17.0 Å². The van der Waals surface area contributed by atoms with Crippen LogP contribution in [0.2, 0.25) is 0 Å². The van der Waals surface area contributed by atoms with Gasteiger partial charge in [-0.25, -0.2) is 4.68 Å². The molecule has 6 nitrogen and oxygen atoms in total. The van der Waals surface area contributed by atoms with Gasteiger partial charge in [0.2, 0.25) is 5.91 Å². The molecule has 6 heteroatoms. The van der Waals surface area contributed by atoms with Crippen LogP contribution in [-0.2, 0) is 11.3 Å². The first kappa shape index (κ1) is 18.0. The Kier molecular flexibility index (Phi) is 5.41. The lowest BCUT2D eigenvalue weighted by atomic mass is 9.95. The molecule has 0 N–H and O–H groups in total. The summed E-state index contributed by atoms with van der Waals surface area (Å²) in [5.41, 5.74) is 0.578. The topological polar surface area (TPSA) is 68.3 Å². The molecule has 0 unspecified atom stereocenters. The molecule has 2 aromatic rings. The largest absolute Gasteiger partial charge is 0.463 e. The molecule has 0 aromatic carbocycles. The van der Waals surface area contributed by atoms with E-state index in [-0.39, 0.29) is 5.56 Å². The average molecular weight is 369 g/mol. The third kappa shape index (κ3) is 4.31. The van der Waals surface area contributed by atoms with Gasteiger partial charge < -0.3 is 9.32 Å². The van der Waals surface area contributed by atoms with E-state index in [0.29, 0.717) is 35.7 Å². The molecule has 4 rings (SSSR count). The van der Waals surface area contributed by atoms with Crippen molar-refractivity contribution in [3.63, 3.8) is 0 Å². The second-order valence-electron chi connectivity index (χ2n) is 7.89. The Balaban J connectivity index is 1.33. The Morgan fingerprint density at radius 3 is 2.56 bits per heavy atom. The van der Waals surface area contributed by atoms with Gasteiger partial charge >= 0.3 is 0 Å². The van der Waals surface area contributed by atoms with Gasteiger partial charge in [-0.1, -0.05) is 12.8 Å². The maximum absolute atomic E-state index is 12.5. The van der Waals surface area contributed by atoms with E-state index in [1.54, 1.807) is 23.1 Å². The molecule has 0 bridgehead atoms. The van der Waals surface area contributed by atoms with E-state index >= 15 is 0 Å². The number of furan rings is 1. The predicted octanol–water partition coefficient (Wildman–Crippen LogP) is 3.32. The van der Waals surface area contributed by atoms with Crippen LogP contribution in [0.5, 0.6) is 0 Å². The number of amides is 1. The summed E-state index contributed by atoms with van der Waals surface area (Å²) in [7, 11) is 0. The highest BCUT2D eigenvalue weighted by atomic mass is 16.3. The van der Waals surface area contributed by atoms with Crippen molar-refractivity contribution in [2.24, 2.45) is 11.8 Å². The summed E-state index contributed by atoms with van der Waals surface area (Å²) < 4.78 is 6.92. The molecule has 3 heterocycles. The van der Waals surface area contributed by atoms with Crippen LogP contribution >= 0.6 is 0 Å².